The highest BCUT2D eigenvalue weighted by Crippen LogP contribution is 2.18. The largest absolute Gasteiger partial charge is 0.497 e. The van der Waals surface area contributed by atoms with Crippen molar-refractivity contribution in [2.24, 2.45) is 5.16 Å². The van der Waals surface area contributed by atoms with Gasteiger partial charge in [-0.3, -0.25) is 0 Å². The molecule has 0 bridgehead atoms. The van der Waals surface area contributed by atoms with Gasteiger partial charge in [0.15, 0.2) is 7.11 Å². The number of methoxy groups -OCH3 is 2. The third kappa shape index (κ3) is 3.09. The van der Waals surface area contributed by atoms with Crippen LogP contribution in [0, 0.1) is 7.11 Å². The van der Waals surface area contributed by atoms with E-state index in [9.17, 15) is 0 Å². The van der Waals surface area contributed by atoms with Crippen molar-refractivity contribution in [3.05, 3.63) is 66.8 Å². The number of benzene rings is 2. The highest BCUT2D eigenvalue weighted by atomic mass is 16.6. The lowest BCUT2D eigenvalue weighted by Crippen LogP contribution is -2.03. The zero-order chi connectivity index (χ0) is 14.4. The first-order chi connectivity index (χ1) is 9.78. The fourth-order valence-corrected chi connectivity index (χ4v) is 1.83. The standard InChI is InChI=1S/C16H16NO3/c1-18-14-8-4-12(5-9-14)16(17-20-3)13-6-10-15(19-2)11-7-13/h4-11H,3H2,1-2H3. The smallest absolute Gasteiger partial charge is 0.153 e. The number of oxime groups is 1. The summed E-state index contributed by atoms with van der Waals surface area (Å²) in [5.41, 5.74) is 2.53. The summed E-state index contributed by atoms with van der Waals surface area (Å²) in [6.07, 6.45) is 0. The first-order valence-corrected chi connectivity index (χ1v) is 6.06. The first kappa shape index (κ1) is 13.9. The van der Waals surface area contributed by atoms with E-state index in [-0.39, 0.29) is 0 Å². The van der Waals surface area contributed by atoms with E-state index in [1.165, 1.54) is 0 Å². The molecule has 0 aliphatic rings. The van der Waals surface area contributed by atoms with Crippen LogP contribution in [0.1, 0.15) is 11.1 Å². The monoisotopic (exact) mass is 270 g/mol. The van der Waals surface area contributed by atoms with Gasteiger partial charge in [-0.25, -0.2) is 0 Å². The number of hydrogen-bond acceptors (Lipinski definition) is 4. The van der Waals surface area contributed by atoms with Crippen molar-refractivity contribution >= 4 is 5.71 Å². The Morgan fingerprint density at radius 1 is 0.800 bits per heavy atom. The van der Waals surface area contributed by atoms with Crippen molar-refractivity contribution in [3.8, 4) is 11.5 Å². The molecule has 0 aliphatic carbocycles. The zero-order valence-corrected chi connectivity index (χ0v) is 11.5. The summed E-state index contributed by atoms with van der Waals surface area (Å²) in [5.74, 6) is 1.58. The predicted molar refractivity (Wildman–Crippen MR) is 78.1 cm³/mol. The topological polar surface area (TPSA) is 40.0 Å². The fraction of sp³-hybridized carbons (Fsp3) is 0.125. The van der Waals surface area contributed by atoms with Crippen LogP contribution < -0.4 is 9.47 Å². The van der Waals surface area contributed by atoms with E-state index in [0.29, 0.717) is 5.71 Å². The Labute approximate surface area is 118 Å². The number of rotatable bonds is 5. The first-order valence-electron chi connectivity index (χ1n) is 6.06. The molecule has 0 aromatic heterocycles. The molecule has 0 N–H and O–H groups in total. The average Bonchev–Trinajstić information content (AvgIpc) is 2.53. The third-order valence-corrected chi connectivity index (χ3v) is 2.88. The zero-order valence-electron chi connectivity index (χ0n) is 11.5. The minimum atomic E-state index is 0.699. The molecule has 1 radical (unpaired) electrons. The lowest BCUT2D eigenvalue weighted by Gasteiger charge is -2.08. The average molecular weight is 270 g/mol. The van der Waals surface area contributed by atoms with Gasteiger partial charge in [0.1, 0.15) is 17.2 Å². The third-order valence-electron chi connectivity index (χ3n) is 2.88. The molecule has 0 heterocycles. The van der Waals surface area contributed by atoms with Crippen LogP contribution in [-0.2, 0) is 4.84 Å². The molecule has 0 unspecified atom stereocenters. The maximum absolute atomic E-state index is 5.14. The van der Waals surface area contributed by atoms with Crippen molar-refractivity contribution in [2.75, 3.05) is 14.2 Å². The Bertz CT molecular complexity index is 524. The van der Waals surface area contributed by atoms with Crippen molar-refractivity contribution in [1.82, 2.24) is 0 Å². The van der Waals surface area contributed by atoms with E-state index in [4.69, 9.17) is 14.3 Å². The van der Waals surface area contributed by atoms with E-state index < -0.39 is 0 Å². The molecule has 0 spiro atoms. The molecule has 0 aliphatic heterocycles. The van der Waals surface area contributed by atoms with Crippen LogP contribution in [0.3, 0.4) is 0 Å². The Morgan fingerprint density at radius 3 is 1.50 bits per heavy atom. The van der Waals surface area contributed by atoms with Gasteiger partial charge < -0.3 is 14.3 Å². The van der Waals surface area contributed by atoms with Crippen LogP contribution in [0.2, 0.25) is 0 Å². The van der Waals surface area contributed by atoms with Gasteiger partial charge in [0.2, 0.25) is 0 Å². The predicted octanol–water partition coefficient (Wildman–Crippen LogP) is 3.26. The van der Waals surface area contributed by atoms with E-state index in [2.05, 4.69) is 12.3 Å². The number of ether oxygens (including phenoxy) is 2. The Hall–Kier alpha value is -2.49. The molecule has 2 aromatic carbocycles. The molecular weight excluding hydrogens is 254 g/mol. The van der Waals surface area contributed by atoms with E-state index in [0.717, 1.165) is 22.6 Å². The maximum atomic E-state index is 5.14. The van der Waals surface area contributed by atoms with Crippen molar-refractivity contribution in [2.45, 2.75) is 0 Å². The van der Waals surface area contributed by atoms with Gasteiger partial charge >= 0.3 is 0 Å². The minimum Gasteiger partial charge on any atom is -0.497 e. The lowest BCUT2D eigenvalue weighted by molar-refractivity contribution is 0.261. The Kier molecular flexibility index (Phi) is 4.60. The van der Waals surface area contributed by atoms with E-state index in [1.54, 1.807) is 14.2 Å². The molecule has 4 nitrogen and oxygen atoms in total. The van der Waals surface area contributed by atoms with Gasteiger partial charge in [0.25, 0.3) is 0 Å². The van der Waals surface area contributed by atoms with Crippen LogP contribution in [-0.4, -0.2) is 19.9 Å². The molecule has 0 amide bonds. The molecule has 0 fully saturated rings. The molecule has 2 rings (SSSR count). The van der Waals surface area contributed by atoms with Crippen molar-refractivity contribution in [1.29, 1.82) is 0 Å². The number of hydrogen-bond donors (Lipinski definition) is 0. The normalized spacial score (nSPS) is 9.75. The summed E-state index contributed by atoms with van der Waals surface area (Å²) >= 11 is 0. The molecule has 2 aromatic rings. The van der Waals surface area contributed by atoms with Crippen molar-refractivity contribution in [3.63, 3.8) is 0 Å². The SMILES string of the molecule is [CH2]ON=C(c1ccc(OC)cc1)c1ccc(OC)cc1. The molecule has 0 saturated carbocycles. The summed E-state index contributed by atoms with van der Waals surface area (Å²) in [4.78, 5) is 4.70. The minimum absolute atomic E-state index is 0.699. The second-order valence-electron chi connectivity index (χ2n) is 4.03. The fourth-order valence-electron chi connectivity index (χ4n) is 1.83. The summed E-state index contributed by atoms with van der Waals surface area (Å²) in [5, 5.41) is 4.00. The number of nitrogens with zero attached hydrogens (tertiary/aromatic N) is 1. The van der Waals surface area contributed by atoms with Crippen LogP contribution in [0.5, 0.6) is 11.5 Å². The summed E-state index contributed by atoms with van der Waals surface area (Å²) in [6, 6.07) is 15.2. The summed E-state index contributed by atoms with van der Waals surface area (Å²) in [7, 11) is 6.57. The van der Waals surface area contributed by atoms with E-state index in [1.807, 2.05) is 48.5 Å². The van der Waals surface area contributed by atoms with Gasteiger partial charge in [-0.2, -0.15) is 0 Å². The van der Waals surface area contributed by atoms with Crippen LogP contribution in [0.15, 0.2) is 53.7 Å². The summed E-state index contributed by atoms with van der Waals surface area (Å²) < 4.78 is 10.3. The van der Waals surface area contributed by atoms with Gasteiger partial charge in [0.05, 0.1) is 14.2 Å². The molecule has 0 saturated heterocycles. The van der Waals surface area contributed by atoms with Gasteiger partial charge in [0, 0.05) is 11.1 Å². The van der Waals surface area contributed by atoms with Crippen LogP contribution in [0.25, 0.3) is 0 Å². The molecule has 4 heteroatoms. The quantitative estimate of drug-likeness (QED) is 0.618. The van der Waals surface area contributed by atoms with E-state index >= 15 is 0 Å². The second kappa shape index (κ2) is 6.61. The molecular formula is C16H16NO3. The molecule has 20 heavy (non-hydrogen) atoms. The van der Waals surface area contributed by atoms with Gasteiger partial charge in [-0.15, -0.1) is 0 Å². The summed E-state index contributed by atoms with van der Waals surface area (Å²) in [6.45, 7) is 0. The highest BCUT2D eigenvalue weighted by molar-refractivity contribution is 6.12. The van der Waals surface area contributed by atoms with Gasteiger partial charge in [-0.05, 0) is 48.5 Å². The lowest BCUT2D eigenvalue weighted by atomic mass is 10.0. The molecule has 0 atom stereocenters. The van der Waals surface area contributed by atoms with Crippen LogP contribution >= 0.6 is 0 Å². The van der Waals surface area contributed by atoms with Crippen LogP contribution in [0.4, 0.5) is 0 Å². The highest BCUT2D eigenvalue weighted by Gasteiger charge is 2.08. The Balaban J connectivity index is 2.36. The molecule has 103 valence electrons. The Morgan fingerprint density at radius 2 is 1.20 bits per heavy atom. The van der Waals surface area contributed by atoms with Gasteiger partial charge in [-0.1, -0.05) is 5.16 Å². The maximum Gasteiger partial charge on any atom is 0.153 e. The van der Waals surface area contributed by atoms with Crippen molar-refractivity contribution < 1.29 is 14.3 Å². The second-order valence-corrected chi connectivity index (χ2v) is 4.03.